The highest BCUT2D eigenvalue weighted by Gasteiger charge is 2.52. The predicted octanol–water partition coefficient (Wildman–Crippen LogP) is 0.793. The second-order valence-electron chi connectivity index (χ2n) is 3.47. The van der Waals surface area contributed by atoms with Gasteiger partial charge in [-0.05, 0) is 6.92 Å². The van der Waals surface area contributed by atoms with Gasteiger partial charge >= 0.3 is 5.97 Å². The first-order chi connectivity index (χ1) is 8.11. The van der Waals surface area contributed by atoms with Crippen LogP contribution in [0.4, 0.5) is 0 Å². The maximum absolute atomic E-state index is 11.7. The van der Waals surface area contributed by atoms with E-state index in [0.29, 0.717) is 22.1 Å². The van der Waals surface area contributed by atoms with E-state index in [1.807, 2.05) is 0 Å². The molecule has 0 radical (unpaired) electrons. The third kappa shape index (κ3) is 1.88. The van der Waals surface area contributed by atoms with Gasteiger partial charge in [-0.15, -0.1) is 11.8 Å². The van der Waals surface area contributed by atoms with Crippen molar-refractivity contribution in [3.05, 3.63) is 21.6 Å². The van der Waals surface area contributed by atoms with Crippen molar-refractivity contribution in [1.82, 2.24) is 4.90 Å². The molecule has 2 aliphatic heterocycles. The minimum atomic E-state index is -1.05. The van der Waals surface area contributed by atoms with Crippen molar-refractivity contribution in [2.45, 2.75) is 12.3 Å². The smallest absolute Gasteiger partial charge is 0.354 e. The van der Waals surface area contributed by atoms with Gasteiger partial charge in [0, 0.05) is 17.9 Å². The number of allylic oxidation sites excluding steroid dienone is 1. The van der Waals surface area contributed by atoms with Crippen LogP contribution in [0.1, 0.15) is 6.92 Å². The van der Waals surface area contributed by atoms with Crippen molar-refractivity contribution in [2.75, 3.05) is 12.3 Å². The lowest BCUT2D eigenvalue weighted by molar-refractivity contribution is -0.141. The molecular weight excluding hydrogens is 260 g/mol. The molecule has 3 N–H and O–H groups in total. The van der Waals surface area contributed by atoms with Crippen molar-refractivity contribution in [3.8, 4) is 0 Å². The number of amides is 1. The van der Waals surface area contributed by atoms with Gasteiger partial charge in [-0.2, -0.15) is 0 Å². The van der Waals surface area contributed by atoms with Gasteiger partial charge in [0.15, 0.2) is 5.70 Å². The number of β-lactam (4-membered cyclic amide) rings is 1. The Hall–Kier alpha value is -0.920. The van der Waals surface area contributed by atoms with Crippen LogP contribution < -0.4 is 5.73 Å². The van der Waals surface area contributed by atoms with Crippen LogP contribution in [0.15, 0.2) is 21.6 Å². The molecule has 0 saturated carbocycles. The summed E-state index contributed by atoms with van der Waals surface area (Å²) in [7, 11) is 0. The predicted molar refractivity (Wildman–Crippen MR) is 68.2 cm³/mol. The van der Waals surface area contributed by atoms with Gasteiger partial charge in [-0.1, -0.05) is 17.8 Å². The topological polar surface area (TPSA) is 83.6 Å². The summed E-state index contributed by atoms with van der Waals surface area (Å²) in [5.74, 6) is -0.604. The molecule has 0 aromatic carbocycles. The fourth-order valence-corrected chi connectivity index (χ4v) is 4.32. The van der Waals surface area contributed by atoms with Crippen molar-refractivity contribution < 1.29 is 14.7 Å². The zero-order valence-electron chi connectivity index (χ0n) is 9.17. The number of carboxylic acids is 1. The van der Waals surface area contributed by atoms with E-state index in [9.17, 15) is 9.59 Å². The molecule has 0 unspecified atom stereocenters. The molecule has 1 amide bonds. The van der Waals surface area contributed by atoms with Crippen LogP contribution in [0.3, 0.4) is 0 Å². The van der Waals surface area contributed by atoms with Crippen molar-refractivity contribution in [1.29, 1.82) is 0 Å². The molecule has 0 aromatic rings. The number of thioether (sulfide) groups is 2. The minimum absolute atomic E-state index is 0.106. The van der Waals surface area contributed by atoms with E-state index in [-0.39, 0.29) is 17.0 Å². The molecule has 92 valence electrons. The van der Waals surface area contributed by atoms with Gasteiger partial charge in [-0.25, -0.2) is 4.79 Å². The molecule has 0 spiro atoms. The number of carbonyl (C=O) groups is 2. The van der Waals surface area contributed by atoms with Gasteiger partial charge in [0.25, 0.3) is 5.91 Å². The Bertz CT molecular complexity index is 445. The minimum Gasteiger partial charge on any atom is -0.477 e. The normalized spacial score (nSPS) is 25.3. The van der Waals surface area contributed by atoms with E-state index in [1.54, 1.807) is 13.0 Å². The standard InChI is InChI=1S/C10H12N2O3S2/c1-2-5-7(13)12-6(9(14)15)10(16-4-3-11)17-8(5)12/h2,8H,3-4,11H2,1H3,(H,14,15)/t8-/m1/s1. The Morgan fingerprint density at radius 2 is 2.41 bits per heavy atom. The average Bonchev–Trinajstić information content (AvgIpc) is 2.62. The first-order valence-electron chi connectivity index (χ1n) is 5.08. The second-order valence-corrected chi connectivity index (χ2v) is 5.92. The van der Waals surface area contributed by atoms with Crippen LogP contribution in [0.5, 0.6) is 0 Å². The number of nitrogens with zero attached hydrogens (tertiary/aromatic N) is 1. The molecule has 5 nitrogen and oxygen atoms in total. The van der Waals surface area contributed by atoms with Crippen LogP contribution in [-0.4, -0.2) is 39.6 Å². The highest BCUT2D eigenvalue weighted by atomic mass is 32.2. The maximum Gasteiger partial charge on any atom is 0.354 e. The van der Waals surface area contributed by atoms with Gasteiger partial charge in [0.05, 0.1) is 4.24 Å². The van der Waals surface area contributed by atoms with E-state index in [2.05, 4.69) is 0 Å². The molecular formula is C10H12N2O3S2. The quantitative estimate of drug-likeness (QED) is 0.581. The first kappa shape index (κ1) is 12.5. The van der Waals surface area contributed by atoms with Crippen LogP contribution in [-0.2, 0) is 9.59 Å². The lowest BCUT2D eigenvalue weighted by Gasteiger charge is -2.36. The molecule has 1 atom stereocenters. The Labute approximate surface area is 107 Å². The zero-order chi connectivity index (χ0) is 12.6. The molecule has 2 aliphatic rings. The molecule has 2 rings (SSSR count). The highest BCUT2D eigenvalue weighted by Crippen LogP contribution is 2.52. The first-order valence-corrected chi connectivity index (χ1v) is 6.95. The van der Waals surface area contributed by atoms with Gasteiger partial charge < -0.3 is 10.8 Å². The van der Waals surface area contributed by atoms with E-state index in [0.717, 1.165) is 0 Å². The molecule has 0 aliphatic carbocycles. The molecule has 1 fully saturated rings. The number of aliphatic carboxylic acids is 1. The zero-order valence-corrected chi connectivity index (χ0v) is 10.8. The fraction of sp³-hybridized carbons (Fsp3) is 0.400. The van der Waals surface area contributed by atoms with E-state index < -0.39 is 5.97 Å². The number of hydrogen-bond donors (Lipinski definition) is 2. The lowest BCUT2D eigenvalue weighted by atomic mass is 10.1. The summed E-state index contributed by atoms with van der Waals surface area (Å²) in [5, 5.41) is 9.00. The number of rotatable bonds is 4. The van der Waals surface area contributed by atoms with Crippen LogP contribution in [0.2, 0.25) is 0 Å². The Balaban J connectivity index is 2.26. The molecule has 17 heavy (non-hydrogen) atoms. The fourth-order valence-electron chi connectivity index (χ4n) is 1.73. The number of fused-ring (bicyclic) bond motifs is 1. The van der Waals surface area contributed by atoms with E-state index in [1.165, 1.54) is 28.4 Å². The Morgan fingerprint density at radius 3 is 2.94 bits per heavy atom. The maximum atomic E-state index is 11.7. The van der Waals surface area contributed by atoms with Crippen LogP contribution >= 0.6 is 23.5 Å². The molecule has 7 heteroatoms. The molecule has 0 aromatic heterocycles. The van der Waals surface area contributed by atoms with Crippen molar-refractivity contribution >= 4 is 35.4 Å². The van der Waals surface area contributed by atoms with Gasteiger partial charge in [0.2, 0.25) is 0 Å². The summed E-state index contributed by atoms with van der Waals surface area (Å²) in [6.07, 6.45) is 1.74. The number of nitrogens with two attached hydrogens (primary N) is 1. The largest absolute Gasteiger partial charge is 0.477 e. The highest BCUT2D eigenvalue weighted by molar-refractivity contribution is 8.22. The van der Waals surface area contributed by atoms with Crippen LogP contribution in [0.25, 0.3) is 0 Å². The summed E-state index contributed by atoms with van der Waals surface area (Å²) in [6, 6.07) is 0. The number of hydrogen-bond acceptors (Lipinski definition) is 5. The summed E-state index contributed by atoms with van der Waals surface area (Å²) >= 11 is 2.81. The summed E-state index contributed by atoms with van der Waals surface area (Å²) < 4.78 is 0.679. The third-order valence-electron chi connectivity index (χ3n) is 2.48. The number of carboxylic acid groups (broad SMARTS) is 1. The SMILES string of the molecule is CC=C1C(=O)N2C(C(=O)O)=C(SCCN)S[C@H]12. The Morgan fingerprint density at radius 1 is 1.71 bits per heavy atom. The third-order valence-corrected chi connectivity index (χ3v) is 5.12. The van der Waals surface area contributed by atoms with Crippen molar-refractivity contribution in [2.24, 2.45) is 5.73 Å². The molecule has 0 bridgehead atoms. The average molecular weight is 272 g/mol. The van der Waals surface area contributed by atoms with E-state index >= 15 is 0 Å². The lowest BCUT2D eigenvalue weighted by Crippen LogP contribution is -2.51. The van der Waals surface area contributed by atoms with E-state index in [4.69, 9.17) is 10.8 Å². The summed E-state index contributed by atoms with van der Waals surface area (Å²) in [5.41, 5.74) is 6.19. The summed E-state index contributed by atoms with van der Waals surface area (Å²) in [6.45, 7) is 2.27. The monoisotopic (exact) mass is 272 g/mol. The Kier molecular flexibility index (Phi) is 3.50. The second kappa shape index (κ2) is 4.75. The van der Waals surface area contributed by atoms with Crippen molar-refractivity contribution in [3.63, 3.8) is 0 Å². The van der Waals surface area contributed by atoms with Gasteiger partial charge in [-0.3, -0.25) is 9.69 Å². The van der Waals surface area contributed by atoms with Crippen LogP contribution in [0, 0.1) is 0 Å². The number of carbonyl (C=O) groups excluding carboxylic acids is 1. The molecule has 1 saturated heterocycles. The summed E-state index contributed by atoms with van der Waals surface area (Å²) in [4.78, 5) is 24.2. The molecule has 2 heterocycles. The van der Waals surface area contributed by atoms with Gasteiger partial charge in [0.1, 0.15) is 5.37 Å².